The molecule has 0 aliphatic carbocycles. The first-order valence-electron chi connectivity index (χ1n) is 5.38. The predicted octanol–water partition coefficient (Wildman–Crippen LogP) is 2.81. The van der Waals surface area contributed by atoms with Crippen molar-refractivity contribution in [1.82, 2.24) is 14.8 Å². The van der Waals surface area contributed by atoms with Crippen molar-refractivity contribution in [2.24, 2.45) is 0 Å². The quantitative estimate of drug-likeness (QED) is 0.676. The fourth-order valence-corrected chi connectivity index (χ4v) is 2.37. The molecule has 1 aromatic carbocycles. The maximum absolute atomic E-state index is 10.6. The minimum atomic E-state index is 0.461. The second kappa shape index (κ2) is 4.54. The van der Waals surface area contributed by atoms with E-state index in [0.717, 1.165) is 22.5 Å². The molecule has 2 aromatic heterocycles. The molecule has 0 aliphatic heterocycles. The molecule has 0 amide bonds. The number of carbonyl (C=O) groups is 1. The highest BCUT2D eigenvalue weighted by molar-refractivity contribution is 7.13. The van der Waals surface area contributed by atoms with E-state index in [1.165, 1.54) is 11.3 Å². The number of hydrogen-bond donors (Lipinski definition) is 0. The Morgan fingerprint density at radius 1 is 1.22 bits per heavy atom. The maximum atomic E-state index is 10.6. The van der Waals surface area contributed by atoms with Crippen LogP contribution in [-0.2, 0) is 0 Å². The number of thiazole rings is 1. The summed E-state index contributed by atoms with van der Waals surface area (Å²) in [7, 11) is 0. The van der Waals surface area contributed by atoms with E-state index in [-0.39, 0.29) is 0 Å². The SMILES string of the molecule is O=Cc1csc(-c2cnn(-c3ccccc3)c2)n1. The van der Waals surface area contributed by atoms with Gasteiger partial charge >= 0.3 is 0 Å². The first kappa shape index (κ1) is 10.9. The van der Waals surface area contributed by atoms with Crippen molar-refractivity contribution in [3.05, 3.63) is 53.8 Å². The molecule has 0 aliphatic rings. The van der Waals surface area contributed by atoms with Crippen LogP contribution in [0, 0.1) is 0 Å². The van der Waals surface area contributed by atoms with Gasteiger partial charge in [-0.05, 0) is 12.1 Å². The van der Waals surface area contributed by atoms with Gasteiger partial charge in [0, 0.05) is 17.1 Å². The van der Waals surface area contributed by atoms with Crippen LogP contribution >= 0.6 is 11.3 Å². The summed E-state index contributed by atoms with van der Waals surface area (Å²) in [6.45, 7) is 0. The Morgan fingerprint density at radius 3 is 2.78 bits per heavy atom. The Balaban J connectivity index is 1.96. The zero-order valence-corrected chi connectivity index (χ0v) is 10.2. The number of nitrogens with zero attached hydrogens (tertiary/aromatic N) is 3. The highest BCUT2D eigenvalue weighted by atomic mass is 32.1. The summed E-state index contributed by atoms with van der Waals surface area (Å²) in [6.07, 6.45) is 4.41. The van der Waals surface area contributed by atoms with E-state index in [2.05, 4.69) is 10.1 Å². The van der Waals surface area contributed by atoms with Crippen LogP contribution in [0.4, 0.5) is 0 Å². The molecule has 0 bridgehead atoms. The highest BCUT2D eigenvalue weighted by Gasteiger charge is 2.07. The van der Waals surface area contributed by atoms with E-state index < -0.39 is 0 Å². The number of para-hydroxylation sites is 1. The molecule has 0 saturated carbocycles. The van der Waals surface area contributed by atoms with E-state index in [9.17, 15) is 4.79 Å². The van der Waals surface area contributed by atoms with Crippen molar-refractivity contribution >= 4 is 17.6 Å². The van der Waals surface area contributed by atoms with E-state index in [0.29, 0.717) is 5.69 Å². The zero-order chi connectivity index (χ0) is 12.4. The van der Waals surface area contributed by atoms with Crippen molar-refractivity contribution < 1.29 is 4.79 Å². The Bertz CT molecular complexity index is 672. The number of hydrogen-bond acceptors (Lipinski definition) is 4. The van der Waals surface area contributed by atoms with Crippen LogP contribution in [0.2, 0.25) is 0 Å². The molecule has 3 rings (SSSR count). The molecule has 0 atom stereocenters. The van der Waals surface area contributed by atoms with Gasteiger partial charge in [-0.15, -0.1) is 11.3 Å². The standard InChI is InChI=1S/C13H9N3OS/c17-8-11-9-18-13(15-11)10-6-14-16(7-10)12-4-2-1-3-5-12/h1-9H. The zero-order valence-electron chi connectivity index (χ0n) is 9.35. The van der Waals surface area contributed by atoms with Crippen LogP contribution in [0.25, 0.3) is 16.3 Å². The molecule has 3 aromatic rings. The van der Waals surface area contributed by atoms with Crippen LogP contribution in [0.15, 0.2) is 48.1 Å². The monoisotopic (exact) mass is 255 g/mol. The van der Waals surface area contributed by atoms with Gasteiger partial charge in [-0.25, -0.2) is 9.67 Å². The lowest BCUT2D eigenvalue weighted by atomic mass is 10.3. The largest absolute Gasteiger partial charge is 0.296 e. The molecule has 5 heteroatoms. The van der Waals surface area contributed by atoms with E-state index in [4.69, 9.17) is 0 Å². The smallest absolute Gasteiger partial charge is 0.169 e. The van der Waals surface area contributed by atoms with Gasteiger partial charge in [-0.2, -0.15) is 5.10 Å². The van der Waals surface area contributed by atoms with Crippen molar-refractivity contribution in [3.8, 4) is 16.3 Å². The second-order valence-electron chi connectivity index (χ2n) is 3.70. The maximum Gasteiger partial charge on any atom is 0.169 e. The van der Waals surface area contributed by atoms with Gasteiger partial charge in [0.15, 0.2) is 6.29 Å². The topological polar surface area (TPSA) is 47.8 Å². The number of aromatic nitrogens is 3. The summed E-state index contributed by atoms with van der Waals surface area (Å²) in [6, 6.07) is 9.85. The molecule has 4 nitrogen and oxygen atoms in total. The van der Waals surface area contributed by atoms with Gasteiger partial charge in [0.05, 0.1) is 11.9 Å². The summed E-state index contributed by atoms with van der Waals surface area (Å²) in [5, 5.41) is 6.84. The number of rotatable bonds is 3. The number of aldehydes is 1. The van der Waals surface area contributed by atoms with Gasteiger partial charge in [0.2, 0.25) is 0 Å². The minimum absolute atomic E-state index is 0.461. The summed E-state index contributed by atoms with van der Waals surface area (Å²) in [5.41, 5.74) is 2.37. The Kier molecular flexibility index (Phi) is 2.74. The van der Waals surface area contributed by atoms with E-state index >= 15 is 0 Å². The third-order valence-corrected chi connectivity index (χ3v) is 3.40. The molecule has 2 heterocycles. The van der Waals surface area contributed by atoms with Crippen LogP contribution in [-0.4, -0.2) is 21.1 Å². The van der Waals surface area contributed by atoms with E-state index in [1.54, 1.807) is 16.3 Å². The average Bonchev–Trinajstić information content (AvgIpc) is 3.08. The summed E-state index contributed by atoms with van der Waals surface area (Å²) < 4.78 is 1.79. The second-order valence-corrected chi connectivity index (χ2v) is 4.56. The fourth-order valence-electron chi connectivity index (χ4n) is 1.63. The van der Waals surface area contributed by atoms with Crippen LogP contribution in [0.1, 0.15) is 10.5 Å². The summed E-state index contributed by atoms with van der Waals surface area (Å²) >= 11 is 1.44. The number of benzene rings is 1. The molecule has 0 spiro atoms. The van der Waals surface area contributed by atoms with Crippen LogP contribution in [0.5, 0.6) is 0 Å². The Labute approximate surface area is 108 Å². The van der Waals surface area contributed by atoms with Gasteiger partial charge in [0.1, 0.15) is 10.7 Å². The first-order valence-corrected chi connectivity index (χ1v) is 6.26. The van der Waals surface area contributed by atoms with Crippen LogP contribution in [0.3, 0.4) is 0 Å². The lowest BCUT2D eigenvalue weighted by Gasteiger charge is -1.98. The van der Waals surface area contributed by atoms with Crippen molar-refractivity contribution in [1.29, 1.82) is 0 Å². The Morgan fingerprint density at radius 2 is 2.06 bits per heavy atom. The summed E-state index contributed by atoms with van der Waals surface area (Å²) in [4.78, 5) is 14.8. The Hall–Kier alpha value is -2.27. The fraction of sp³-hybridized carbons (Fsp3) is 0. The normalized spacial score (nSPS) is 10.4. The van der Waals surface area contributed by atoms with E-state index in [1.807, 2.05) is 36.5 Å². The molecule has 0 N–H and O–H groups in total. The van der Waals surface area contributed by atoms with Crippen molar-refractivity contribution in [2.75, 3.05) is 0 Å². The minimum Gasteiger partial charge on any atom is -0.296 e. The molecule has 18 heavy (non-hydrogen) atoms. The molecule has 0 unspecified atom stereocenters. The van der Waals surface area contributed by atoms with Crippen molar-refractivity contribution in [3.63, 3.8) is 0 Å². The van der Waals surface area contributed by atoms with Gasteiger partial charge in [-0.3, -0.25) is 4.79 Å². The predicted molar refractivity (Wildman–Crippen MR) is 70.1 cm³/mol. The third-order valence-electron chi connectivity index (χ3n) is 2.49. The highest BCUT2D eigenvalue weighted by Crippen LogP contribution is 2.23. The average molecular weight is 255 g/mol. The molecule has 0 radical (unpaired) electrons. The van der Waals surface area contributed by atoms with Crippen LogP contribution < -0.4 is 0 Å². The van der Waals surface area contributed by atoms with Crippen molar-refractivity contribution in [2.45, 2.75) is 0 Å². The molecular weight excluding hydrogens is 246 g/mol. The number of carbonyl (C=O) groups excluding carboxylic acids is 1. The van der Waals surface area contributed by atoms with Gasteiger partial charge < -0.3 is 0 Å². The molecule has 0 saturated heterocycles. The summed E-state index contributed by atoms with van der Waals surface area (Å²) in [5.74, 6) is 0. The molecule has 88 valence electrons. The van der Waals surface area contributed by atoms with Gasteiger partial charge in [0.25, 0.3) is 0 Å². The molecule has 0 fully saturated rings. The lowest BCUT2D eigenvalue weighted by molar-refractivity contribution is 0.111. The lowest BCUT2D eigenvalue weighted by Crippen LogP contribution is -1.92. The first-order chi connectivity index (χ1) is 8.86. The van der Waals surface area contributed by atoms with Gasteiger partial charge in [-0.1, -0.05) is 18.2 Å². The third kappa shape index (κ3) is 1.96. The molecular formula is C13H9N3OS.